The number of nitrogens with one attached hydrogen (secondary N) is 1. The van der Waals surface area contributed by atoms with Crippen LogP contribution in [0.5, 0.6) is 5.75 Å². The Labute approximate surface area is 123 Å². The molecule has 1 aromatic rings. The number of hydrogen-bond acceptors (Lipinski definition) is 5. The van der Waals surface area contributed by atoms with E-state index in [1.807, 2.05) is 19.1 Å². The summed E-state index contributed by atoms with van der Waals surface area (Å²) in [4.78, 5) is 23.0. The Hall–Kier alpha value is -2.34. The molecule has 1 amide bonds. The fourth-order valence-electron chi connectivity index (χ4n) is 1.61. The lowest BCUT2D eigenvalue weighted by molar-refractivity contribution is -0.145. The molecule has 0 aliphatic carbocycles. The van der Waals surface area contributed by atoms with Crippen LogP contribution in [0.15, 0.2) is 30.3 Å². The quantitative estimate of drug-likeness (QED) is 0.572. The van der Waals surface area contributed by atoms with Crippen LogP contribution < -0.4 is 10.1 Å². The van der Waals surface area contributed by atoms with Crippen molar-refractivity contribution in [3.63, 3.8) is 0 Å². The van der Waals surface area contributed by atoms with E-state index in [1.54, 1.807) is 18.2 Å². The highest BCUT2D eigenvalue weighted by atomic mass is 16.5. The number of methoxy groups -OCH3 is 1. The number of ether oxygens (including phenoxy) is 2. The minimum absolute atomic E-state index is 0.509. The van der Waals surface area contributed by atoms with Crippen molar-refractivity contribution in [2.45, 2.75) is 13.0 Å². The van der Waals surface area contributed by atoms with Crippen molar-refractivity contribution in [1.29, 1.82) is 0 Å². The van der Waals surface area contributed by atoms with Crippen LogP contribution in [-0.2, 0) is 14.3 Å². The van der Waals surface area contributed by atoms with E-state index >= 15 is 0 Å². The predicted molar refractivity (Wildman–Crippen MR) is 77.7 cm³/mol. The fourth-order valence-corrected chi connectivity index (χ4v) is 1.61. The van der Waals surface area contributed by atoms with Gasteiger partial charge in [-0.1, -0.05) is 18.2 Å². The molecule has 1 unspecified atom stereocenters. The normalized spacial score (nSPS) is 12.0. The minimum atomic E-state index is -1.07. The molecule has 0 bridgehead atoms. The highest BCUT2D eigenvalue weighted by Crippen LogP contribution is 2.19. The zero-order valence-corrected chi connectivity index (χ0v) is 12.0. The summed E-state index contributed by atoms with van der Waals surface area (Å²) in [5.41, 5.74) is 0.744. The molecule has 2 N–H and O–H groups in total. The van der Waals surface area contributed by atoms with Crippen LogP contribution >= 0.6 is 0 Å². The van der Waals surface area contributed by atoms with Gasteiger partial charge in [-0.3, -0.25) is 4.79 Å². The molecule has 0 radical (unpaired) electrons. The number of amides is 1. The number of carbonyl (C=O) groups is 2. The van der Waals surface area contributed by atoms with Gasteiger partial charge in [0, 0.05) is 11.6 Å². The van der Waals surface area contributed by atoms with Crippen molar-refractivity contribution in [2.75, 3.05) is 20.3 Å². The molecule has 1 rings (SSSR count). The summed E-state index contributed by atoms with van der Waals surface area (Å²) < 4.78 is 9.89. The second-order valence-electron chi connectivity index (χ2n) is 4.07. The molecule has 6 nitrogen and oxygen atoms in total. The van der Waals surface area contributed by atoms with E-state index in [9.17, 15) is 9.59 Å². The SMILES string of the molecule is CCOc1ccccc1/C=C/C(=O)NC(CO)C(=O)OC. The van der Waals surface area contributed by atoms with Gasteiger partial charge in [0.1, 0.15) is 5.75 Å². The monoisotopic (exact) mass is 293 g/mol. The van der Waals surface area contributed by atoms with Gasteiger partial charge in [0.05, 0.1) is 20.3 Å². The summed E-state index contributed by atoms with van der Waals surface area (Å²) in [6.45, 7) is 1.86. The number of para-hydroxylation sites is 1. The van der Waals surface area contributed by atoms with E-state index in [2.05, 4.69) is 10.1 Å². The zero-order chi connectivity index (χ0) is 15.7. The summed E-state index contributed by atoms with van der Waals surface area (Å²) >= 11 is 0. The molecule has 0 saturated carbocycles. The number of carbonyl (C=O) groups excluding carboxylic acids is 2. The molecule has 0 fully saturated rings. The Morgan fingerprint density at radius 2 is 2.10 bits per heavy atom. The number of rotatable bonds is 7. The lowest BCUT2D eigenvalue weighted by Crippen LogP contribution is -2.43. The van der Waals surface area contributed by atoms with E-state index in [1.165, 1.54) is 13.2 Å². The third kappa shape index (κ3) is 5.27. The Morgan fingerprint density at radius 1 is 1.38 bits per heavy atom. The summed E-state index contributed by atoms with van der Waals surface area (Å²) in [7, 11) is 1.19. The van der Waals surface area contributed by atoms with Crippen molar-refractivity contribution < 1.29 is 24.2 Å². The van der Waals surface area contributed by atoms with Gasteiger partial charge in [-0.15, -0.1) is 0 Å². The fraction of sp³-hybridized carbons (Fsp3) is 0.333. The lowest BCUT2D eigenvalue weighted by atomic mass is 10.2. The average molecular weight is 293 g/mol. The van der Waals surface area contributed by atoms with Crippen LogP contribution in [0.3, 0.4) is 0 Å². The average Bonchev–Trinajstić information content (AvgIpc) is 2.51. The third-order valence-electron chi connectivity index (χ3n) is 2.62. The Kier molecular flexibility index (Phi) is 6.97. The number of aliphatic hydroxyl groups is 1. The summed E-state index contributed by atoms with van der Waals surface area (Å²) in [6, 6.07) is 6.19. The number of hydrogen-bond donors (Lipinski definition) is 2. The van der Waals surface area contributed by atoms with Crippen molar-refractivity contribution in [3.05, 3.63) is 35.9 Å². The molecular weight excluding hydrogens is 274 g/mol. The van der Waals surface area contributed by atoms with Crippen molar-refractivity contribution in [3.8, 4) is 5.75 Å². The van der Waals surface area contributed by atoms with Crippen LogP contribution in [0.4, 0.5) is 0 Å². The molecule has 0 aliphatic heterocycles. The maximum absolute atomic E-state index is 11.7. The van der Waals surface area contributed by atoms with Crippen LogP contribution in [0, 0.1) is 0 Å². The highest BCUT2D eigenvalue weighted by Gasteiger charge is 2.19. The molecule has 21 heavy (non-hydrogen) atoms. The van der Waals surface area contributed by atoms with E-state index in [0.29, 0.717) is 12.4 Å². The zero-order valence-electron chi connectivity index (χ0n) is 12.0. The van der Waals surface area contributed by atoms with Gasteiger partial charge in [0.2, 0.25) is 5.91 Å². The van der Waals surface area contributed by atoms with E-state index < -0.39 is 24.5 Å². The maximum Gasteiger partial charge on any atom is 0.330 e. The molecule has 0 aromatic heterocycles. The second kappa shape index (κ2) is 8.76. The van der Waals surface area contributed by atoms with Gasteiger partial charge in [0.25, 0.3) is 0 Å². The van der Waals surface area contributed by atoms with Crippen molar-refractivity contribution >= 4 is 18.0 Å². The first kappa shape index (κ1) is 16.7. The van der Waals surface area contributed by atoms with E-state index in [-0.39, 0.29) is 0 Å². The molecule has 0 saturated heterocycles. The predicted octanol–water partition coefficient (Wildman–Crippen LogP) is 0.749. The highest BCUT2D eigenvalue weighted by molar-refractivity contribution is 5.94. The Balaban J connectivity index is 2.72. The van der Waals surface area contributed by atoms with Gasteiger partial charge in [0.15, 0.2) is 6.04 Å². The first-order valence-electron chi connectivity index (χ1n) is 6.51. The number of benzene rings is 1. The molecule has 1 atom stereocenters. The molecule has 1 aromatic carbocycles. The van der Waals surface area contributed by atoms with Crippen LogP contribution in [-0.4, -0.2) is 43.3 Å². The first-order chi connectivity index (χ1) is 10.1. The largest absolute Gasteiger partial charge is 0.493 e. The summed E-state index contributed by atoms with van der Waals surface area (Å²) in [5.74, 6) is -0.546. The molecular formula is C15H19NO5. The summed E-state index contributed by atoms with van der Waals surface area (Å²) in [6.07, 6.45) is 2.84. The van der Waals surface area contributed by atoms with Gasteiger partial charge >= 0.3 is 5.97 Å². The Morgan fingerprint density at radius 3 is 2.71 bits per heavy atom. The molecule has 0 spiro atoms. The number of aliphatic hydroxyl groups excluding tert-OH is 1. The van der Waals surface area contributed by atoms with Crippen LogP contribution in [0.2, 0.25) is 0 Å². The summed E-state index contributed by atoms with van der Waals surface area (Å²) in [5, 5.41) is 11.4. The van der Waals surface area contributed by atoms with Crippen molar-refractivity contribution in [1.82, 2.24) is 5.32 Å². The van der Waals surface area contributed by atoms with Crippen LogP contribution in [0.25, 0.3) is 6.08 Å². The van der Waals surface area contributed by atoms with Gasteiger partial charge in [-0.2, -0.15) is 0 Å². The van der Waals surface area contributed by atoms with E-state index in [4.69, 9.17) is 9.84 Å². The van der Waals surface area contributed by atoms with Gasteiger partial charge < -0.3 is 19.9 Å². The molecule has 0 heterocycles. The van der Waals surface area contributed by atoms with Gasteiger partial charge in [-0.25, -0.2) is 4.79 Å². The Bertz CT molecular complexity index is 513. The molecule has 114 valence electrons. The van der Waals surface area contributed by atoms with Gasteiger partial charge in [-0.05, 0) is 19.1 Å². The third-order valence-corrected chi connectivity index (χ3v) is 2.62. The van der Waals surface area contributed by atoms with Crippen molar-refractivity contribution in [2.24, 2.45) is 0 Å². The number of esters is 1. The second-order valence-corrected chi connectivity index (χ2v) is 4.07. The molecule has 0 aliphatic rings. The van der Waals surface area contributed by atoms with Crippen LogP contribution in [0.1, 0.15) is 12.5 Å². The molecule has 6 heteroatoms. The van der Waals surface area contributed by atoms with E-state index in [0.717, 1.165) is 5.56 Å². The minimum Gasteiger partial charge on any atom is -0.493 e. The lowest BCUT2D eigenvalue weighted by Gasteiger charge is -2.12. The first-order valence-corrected chi connectivity index (χ1v) is 6.51. The maximum atomic E-state index is 11.7. The standard InChI is InChI=1S/C15H19NO5/c1-3-21-13-7-5-4-6-11(13)8-9-14(18)16-12(10-17)15(19)20-2/h4-9,12,17H,3,10H2,1-2H3,(H,16,18)/b9-8+. The topological polar surface area (TPSA) is 84.9 Å². The smallest absolute Gasteiger partial charge is 0.330 e.